The largest absolute Gasteiger partial charge is 4.00 e. The third-order valence-electron chi connectivity index (χ3n) is 8.23. The molecule has 212 valence electrons. The molecule has 2 atom stereocenters. The zero-order valence-electron chi connectivity index (χ0n) is 25.8. The van der Waals surface area contributed by atoms with Crippen LogP contribution in [0.5, 0.6) is 0 Å². The SMILES string of the molecule is CC(C)(C)[N-][Si](c1ccccc1)(c1ccccc1)C1CC(N2CCc3ccccc3C2)c2ccccc21.[CH3-].[CH3-].[CH3-].[Ti+4]. The van der Waals surface area contributed by atoms with Crippen LogP contribution in [-0.4, -0.2) is 25.2 Å². The van der Waals surface area contributed by atoms with E-state index in [2.05, 4.69) is 135 Å². The molecule has 4 aromatic carbocycles. The molecule has 41 heavy (non-hydrogen) atoms. The maximum atomic E-state index is 5.90. The standard InChI is InChI=1S/C34H37N2Si.3CH3.Ti/c1-34(2,3)35-37(28-16-6-4-7-17-28,29-18-8-5-9-19-29)33-24-32(30-20-12-13-21-31(30)33)36-23-22-26-14-10-11-15-27(26)25-36;;;;/h4-21,32-33H,22-25H2,1-3H3;3*1H3;/q4*-1;+4. The van der Waals surface area contributed by atoms with Gasteiger partial charge in [0.2, 0.25) is 0 Å². The van der Waals surface area contributed by atoms with Crippen LogP contribution in [0.1, 0.15) is 61.0 Å². The molecule has 0 N–H and O–H groups in total. The Morgan fingerprint density at radius 2 is 1.15 bits per heavy atom. The van der Waals surface area contributed by atoms with Crippen molar-refractivity contribution < 1.29 is 21.7 Å². The first-order valence-electron chi connectivity index (χ1n) is 13.7. The smallest absolute Gasteiger partial charge is 0.651 e. The third kappa shape index (κ3) is 6.71. The molecule has 4 aromatic rings. The van der Waals surface area contributed by atoms with Gasteiger partial charge in [0.15, 0.2) is 0 Å². The van der Waals surface area contributed by atoms with Crippen LogP contribution in [0.25, 0.3) is 4.98 Å². The molecule has 0 amide bonds. The number of fused-ring (bicyclic) bond motifs is 2. The summed E-state index contributed by atoms with van der Waals surface area (Å²) in [6.45, 7) is 8.98. The van der Waals surface area contributed by atoms with Gasteiger partial charge in [0.1, 0.15) is 0 Å². The van der Waals surface area contributed by atoms with E-state index >= 15 is 0 Å². The fourth-order valence-corrected chi connectivity index (χ4v) is 12.1. The fourth-order valence-electron chi connectivity index (χ4n) is 6.82. The van der Waals surface area contributed by atoms with Crippen molar-refractivity contribution in [1.82, 2.24) is 4.90 Å². The van der Waals surface area contributed by atoms with Crippen LogP contribution in [0, 0.1) is 22.3 Å². The molecule has 0 radical (unpaired) electrons. The van der Waals surface area contributed by atoms with Crippen molar-refractivity contribution >= 4 is 18.6 Å². The summed E-state index contributed by atoms with van der Waals surface area (Å²) < 4.78 is 0. The Hall–Kier alpha value is -2.27. The average Bonchev–Trinajstić information content (AvgIpc) is 3.32. The van der Waals surface area contributed by atoms with Crippen molar-refractivity contribution in [3.8, 4) is 0 Å². The Morgan fingerprint density at radius 3 is 1.71 bits per heavy atom. The summed E-state index contributed by atoms with van der Waals surface area (Å²) in [6, 6.07) is 41.2. The molecular weight excluding hydrogens is 548 g/mol. The molecule has 0 fully saturated rings. The zero-order chi connectivity index (χ0) is 25.5. The van der Waals surface area contributed by atoms with Crippen LogP contribution in [0.3, 0.4) is 0 Å². The minimum atomic E-state index is -2.58. The molecule has 1 aliphatic heterocycles. The molecule has 0 bridgehead atoms. The quantitative estimate of drug-likeness (QED) is 0.169. The second-order valence-corrected chi connectivity index (χ2v) is 15.3. The van der Waals surface area contributed by atoms with E-state index in [-0.39, 0.29) is 49.5 Å². The van der Waals surface area contributed by atoms with Crippen molar-refractivity contribution in [2.24, 2.45) is 0 Å². The van der Waals surface area contributed by atoms with Crippen molar-refractivity contribution in [2.75, 3.05) is 6.54 Å². The topological polar surface area (TPSA) is 17.3 Å². The Balaban J connectivity index is 0.00000147. The van der Waals surface area contributed by atoms with Crippen LogP contribution < -0.4 is 10.4 Å². The summed E-state index contributed by atoms with van der Waals surface area (Å²) in [6.07, 6.45) is 2.25. The Morgan fingerprint density at radius 1 is 0.659 bits per heavy atom. The first kappa shape index (κ1) is 34.9. The molecule has 0 spiro atoms. The molecule has 1 aliphatic carbocycles. The van der Waals surface area contributed by atoms with Gasteiger partial charge in [-0.05, 0) is 40.6 Å². The number of benzene rings is 4. The molecule has 2 unspecified atom stereocenters. The van der Waals surface area contributed by atoms with Gasteiger partial charge < -0.3 is 27.3 Å². The van der Waals surface area contributed by atoms with E-state index in [1.54, 1.807) is 0 Å². The zero-order valence-corrected chi connectivity index (χ0v) is 28.3. The Kier molecular flexibility index (Phi) is 12.2. The van der Waals surface area contributed by atoms with E-state index in [4.69, 9.17) is 4.98 Å². The molecule has 2 aliphatic rings. The molecule has 2 nitrogen and oxygen atoms in total. The van der Waals surface area contributed by atoms with E-state index in [1.807, 2.05) is 0 Å². The van der Waals surface area contributed by atoms with E-state index in [9.17, 15) is 0 Å². The van der Waals surface area contributed by atoms with Crippen LogP contribution in [0.15, 0.2) is 109 Å². The average molecular weight is 595 g/mol. The second-order valence-electron chi connectivity index (χ2n) is 11.7. The predicted molar refractivity (Wildman–Crippen MR) is 177 cm³/mol. The van der Waals surface area contributed by atoms with E-state index in [1.165, 1.54) is 32.6 Å². The molecule has 0 saturated heterocycles. The monoisotopic (exact) mass is 594 g/mol. The maximum Gasteiger partial charge on any atom is 4.00 e. The van der Waals surface area contributed by atoms with Crippen molar-refractivity contribution in [3.63, 3.8) is 0 Å². The van der Waals surface area contributed by atoms with Gasteiger partial charge in [0, 0.05) is 27.4 Å². The number of hydrogen-bond acceptors (Lipinski definition) is 1. The van der Waals surface area contributed by atoms with Gasteiger partial charge in [0.25, 0.3) is 0 Å². The maximum absolute atomic E-state index is 5.90. The first-order valence-corrected chi connectivity index (χ1v) is 15.7. The fraction of sp³-hybridized carbons (Fsp3) is 0.270. The molecular formula is C37H46N2SiTi. The van der Waals surface area contributed by atoms with Crippen molar-refractivity contribution in [2.45, 2.75) is 57.3 Å². The minimum Gasteiger partial charge on any atom is -0.651 e. The van der Waals surface area contributed by atoms with Gasteiger partial charge >= 0.3 is 21.7 Å². The van der Waals surface area contributed by atoms with Crippen LogP contribution in [0.2, 0.25) is 0 Å². The summed E-state index contributed by atoms with van der Waals surface area (Å²) >= 11 is 0. The second kappa shape index (κ2) is 14.3. The summed E-state index contributed by atoms with van der Waals surface area (Å²) in [4.78, 5) is 8.64. The van der Waals surface area contributed by atoms with E-state index in [0.717, 1.165) is 25.9 Å². The summed E-state index contributed by atoms with van der Waals surface area (Å²) in [7, 11) is -2.58. The van der Waals surface area contributed by atoms with Crippen LogP contribution >= 0.6 is 0 Å². The summed E-state index contributed by atoms with van der Waals surface area (Å²) in [5.74, 6) is 0. The molecule has 6 rings (SSSR count). The molecule has 1 heterocycles. The minimum absolute atomic E-state index is 0. The van der Waals surface area contributed by atoms with Crippen molar-refractivity contribution in [3.05, 3.63) is 159 Å². The van der Waals surface area contributed by atoms with Gasteiger partial charge in [-0.1, -0.05) is 140 Å². The van der Waals surface area contributed by atoms with Gasteiger partial charge in [-0.3, -0.25) is 4.90 Å². The predicted octanol–water partition coefficient (Wildman–Crippen LogP) is 8.09. The van der Waals surface area contributed by atoms with Gasteiger partial charge in [0.05, 0.1) is 0 Å². The van der Waals surface area contributed by atoms with E-state index in [0.29, 0.717) is 11.6 Å². The van der Waals surface area contributed by atoms with E-state index < -0.39 is 8.24 Å². The first-order chi connectivity index (χ1) is 18.0. The number of hydrogen-bond donors (Lipinski definition) is 0. The molecule has 0 saturated carbocycles. The molecule has 0 aromatic heterocycles. The summed E-state index contributed by atoms with van der Waals surface area (Å²) in [5, 5.41) is 2.83. The normalized spacial score (nSPS) is 17.9. The Bertz CT molecular complexity index is 1330. The van der Waals surface area contributed by atoms with Crippen LogP contribution in [-0.2, 0) is 34.7 Å². The number of nitrogens with zero attached hydrogens (tertiary/aromatic N) is 2. The van der Waals surface area contributed by atoms with Gasteiger partial charge in [-0.15, -0.1) is 5.54 Å². The Labute approximate surface area is 266 Å². The van der Waals surface area contributed by atoms with Gasteiger partial charge in [-0.25, -0.2) is 0 Å². The van der Waals surface area contributed by atoms with Crippen molar-refractivity contribution in [1.29, 1.82) is 0 Å². The van der Waals surface area contributed by atoms with Gasteiger partial charge in [-0.2, -0.15) is 0 Å². The van der Waals surface area contributed by atoms with Crippen LogP contribution in [0.4, 0.5) is 0 Å². The molecule has 4 heteroatoms. The summed E-state index contributed by atoms with van der Waals surface area (Å²) in [5.41, 5.74) is 6.27. The third-order valence-corrected chi connectivity index (χ3v) is 13.2. The number of rotatable bonds is 5.